The van der Waals surface area contributed by atoms with Gasteiger partial charge in [-0.15, -0.1) is 0 Å². The Labute approximate surface area is 126 Å². The van der Waals surface area contributed by atoms with Crippen LogP contribution in [0.3, 0.4) is 0 Å². The van der Waals surface area contributed by atoms with E-state index in [2.05, 4.69) is 61.6 Å². The molecule has 2 nitrogen and oxygen atoms in total. The van der Waals surface area contributed by atoms with Crippen molar-refractivity contribution >= 4 is 5.69 Å². The molecule has 1 aliphatic carbocycles. The summed E-state index contributed by atoms with van der Waals surface area (Å²) in [5.41, 5.74) is 5.24. The van der Waals surface area contributed by atoms with Crippen LogP contribution in [0.4, 0.5) is 5.69 Å². The lowest BCUT2D eigenvalue weighted by molar-refractivity contribution is 0.337. The minimum atomic E-state index is 0.203. The van der Waals surface area contributed by atoms with Crippen molar-refractivity contribution in [1.29, 1.82) is 5.26 Å². The van der Waals surface area contributed by atoms with Gasteiger partial charge in [-0.05, 0) is 40.7 Å². The molecule has 2 aromatic carbocycles. The zero-order valence-electron chi connectivity index (χ0n) is 12.6. The van der Waals surface area contributed by atoms with Crippen LogP contribution in [0.1, 0.15) is 36.6 Å². The van der Waals surface area contributed by atoms with Crippen molar-refractivity contribution < 1.29 is 0 Å². The van der Waals surface area contributed by atoms with Gasteiger partial charge in [0.05, 0.1) is 18.5 Å². The zero-order chi connectivity index (χ0) is 14.9. The van der Waals surface area contributed by atoms with Gasteiger partial charge >= 0.3 is 0 Å². The number of hydrogen-bond acceptors (Lipinski definition) is 2. The van der Waals surface area contributed by atoms with Crippen molar-refractivity contribution in [2.24, 2.45) is 5.41 Å². The van der Waals surface area contributed by atoms with Crippen LogP contribution in [0.5, 0.6) is 0 Å². The molecule has 2 aromatic rings. The number of nitriles is 1. The summed E-state index contributed by atoms with van der Waals surface area (Å²) in [6.45, 7) is 4.63. The number of rotatable bonds is 3. The first-order chi connectivity index (χ1) is 10.1. The van der Waals surface area contributed by atoms with Gasteiger partial charge in [0.2, 0.25) is 0 Å². The summed E-state index contributed by atoms with van der Waals surface area (Å²) in [6, 6.07) is 19.4. The average molecular weight is 276 g/mol. The van der Waals surface area contributed by atoms with E-state index in [-0.39, 0.29) is 5.41 Å². The summed E-state index contributed by atoms with van der Waals surface area (Å²) in [7, 11) is 0. The monoisotopic (exact) mass is 276 g/mol. The van der Waals surface area contributed by atoms with E-state index in [0.29, 0.717) is 12.5 Å². The molecule has 0 saturated heterocycles. The molecule has 0 fully saturated rings. The molecule has 0 radical (unpaired) electrons. The highest BCUT2D eigenvalue weighted by atomic mass is 14.9. The van der Waals surface area contributed by atoms with Crippen LogP contribution < -0.4 is 5.32 Å². The number of nitrogens with one attached hydrogen (secondary N) is 1. The summed E-state index contributed by atoms with van der Waals surface area (Å²) >= 11 is 0. The van der Waals surface area contributed by atoms with E-state index in [9.17, 15) is 0 Å². The van der Waals surface area contributed by atoms with Crippen LogP contribution in [0, 0.1) is 16.7 Å². The largest absolute Gasteiger partial charge is 0.378 e. The first-order valence-corrected chi connectivity index (χ1v) is 7.40. The Morgan fingerprint density at radius 2 is 1.86 bits per heavy atom. The highest BCUT2D eigenvalue weighted by Gasteiger charge is 2.38. The normalized spacial score (nSPS) is 18.8. The average Bonchev–Trinajstić information content (AvgIpc) is 2.72. The van der Waals surface area contributed by atoms with Gasteiger partial charge in [-0.1, -0.05) is 50.2 Å². The number of anilines is 1. The van der Waals surface area contributed by atoms with E-state index in [0.717, 1.165) is 17.7 Å². The van der Waals surface area contributed by atoms with Gasteiger partial charge in [0.25, 0.3) is 0 Å². The van der Waals surface area contributed by atoms with E-state index in [1.807, 2.05) is 12.1 Å². The molecule has 0 heterocycles. The molecule has 1 N–H and O–H groups in total. The predicted molar refractivity (Wildman–Crippen MR) is 86.0 cm³/mol. The maximum atomic E-state index is 8.73. The summed E-state index contributed by atoms with van der Waals surface area (Å²) in [5, 5.41) is 12.4. The molecule has 0 saturated carbocycles. The van der Waals surface area contributed by atoms with E-state index < -0.39 is 0 Å². The predicted octanol–water partition coefficient (Wildman–Crippen LogP) is 4.49. The van der Waals surface area contributed by atoms with Crippen molar-refractivity contribution in [2.45, 2.75) is 32.7 Å². The highest BCUT2D eigenvalue weighted by molar-refractivity contribution is 5.50. The fourth-order valence-corrected chi connectivity index (χ4v) is 3.24. The van der Waals surface area contributed by atoms with Crippen LogP contribution >= 0.6 is 0 Å². The number of nitrogens with zero attached hydrogens (tertiary/aromatic N) is 1. The molecular formula is C19H20N2. The summed E-state index contributed by atoms with van der Waals surface area (Å²) in [5.74, 6) is 0. The van der Waals surface area contributed by atoms with Crippen molar-refractivity contribution in [1.82, 2.24) is 0 Å². The van der Waals surface area contributed by atoms with Crippen LogP contribution in [-0.2, 0) is 12.8 Å². The molecule has 1 atom stereocenters. The van der Waals surface area contributed by atoms with Gasteiger partial charge in [-0.25, -0.2) is 0 Å². The fourth-order valence-electron chi connectivity index (χ4n) is 3.24. The second-order valence-corrected chi connectivity index (χ2v) is 6.47. The Balaban J connectivity index is 1.85. The quantitative estimate of drug-likeness (QED) is 0.896. The Bertz CT molecular complexity index is 677. The zero-order valence-corrected chi connectivity index (χ0v) is 12.6. The SMILES string of the molecule is CC1(C)Cc2ccccc2C1Nc1ccc(CC#N)cc1. The van der Waals surface area contributed by atoms with Gasteiger partial charge in [0.1, 0.15) is 0 Å². The number of benzene rings is 2. The van der Waals surface area contributed by atoms with Crippen LogP contribution in [-0.4, -0.2) is 0 Å². The Kier molecular flexibility index (Phi) is 3.43. The standard InChI is InChI=1S/C19H20N2/c1-19(2)13-15-5-3-4-6-17(15)18(19)21-16-9-7-14(8-10-16)11-12-20/h3-10,18,21H,11,13H2,1-2H3. The molecule has 0 bridgehead atoms. The lowest BCUT2D eigenvalue weighted by atomic mass is 9.85. The minimum absolute atomic E-state index is 0.203. The molecule has 1 aliphatic rings. The third-order valence-electron chi connectivity index (χ3n) is 4.34. The van der Waals surface area contributed by atoms with E-state index in [1.54, 1.807) is 0 Å². The van der Waals surface area contributed by atoms with E-state index in [4.69, 9.17) is 5.26 Å². The van der Waals surface area contributed by atoms with Crippen LogP contribution in [0.25, 0.3) is 0 Å². The first-order valence-electron chi connectivity index (χ1n) is 7.40. The molecule has 3 rings (SSSR count). The van der Waals surface area contributed by atoms with Gasteiger partial charge in [-0.2, -0.15) is 5.26 Å². The van der Waals surface area contributed by atoms with Crippen molar-refractivity contribution in [2.75, 3.05) is 5.32 Å². The fraction of sp³-hybridized carbons (Fsp3) is 0.316. The number of hydrogen-bond donors (Lipinski definition) is 1. The maximum Gasteiger partial charge on any atom is 0.0669 e. The molecule has 0 spiro atoms. The van der Waals surface area contributed by atoms with Crippen LogP contribution in [0.15, 0.2) is 48.5 Å². The Morgan fingerprint density at radius 1 is 1.14 bits per heavy atom. The topological polar surface area (TPSA) is 35.8 Å². The van der Waals surface area contributed by atoms with Crippen molar-refractivity contribution in [3.05, 3.63) is 65.2 Å². The second-order valence-electron chi connectivity index (χ2n) is 6.47. The molecule has 0 aromatic heterocycles. The van der Waals surface area contributed by atoms with Gasteiger partial charge < -0.3 is 5.32 Å². The van der Waals surface area contributed by atoms with Gasteiger partial charge in [-0.3, -0.25) is 0 Å². The Hall–Kier alpha value is -2.27. The molecule has 0 amide bonds. The summed E-state index contributed by atoms with van der Waals surface area (Å²) in [4.78, 5) is 0. The number of fused-ring (bicyclic) bond motifs is 1. The van der Waals surface area contributed by atoms with Gasteiger partial charge in [0.15, 0.2) is 0 Å². The smallest absolute Gasteiger partial charge is 0.0669 e. The molecular weight excluding hydrogens is 256 g/mol. The first kappa shape index (κ1) is 13.7. The van der Waals surface area contributed by atoms with Crippen LogP contribution in [0.2, 0.25) is 0 Å². The molecule has 2 heteroatoms. The lowest BCUT2D eigenvalue weighted by Gasteiger charge is -2.29. The van der Waals surface area contributed by atoms with Gasteiger partial charge in [0, 0.05) is 5.69 Å². The van der Waals surface area contributed by atoms with E-state index in [1.165, 1.54) is 11.1 Å². The van der Waals surface area contributed by atoms with Crippen molar-refractivity contribution in [3.8, 4) is 6.07 Å². The molecule has 1 unspecified atom stereocenters. The highest BCUT2D eigenvalue weighted by Crippen LogP contribution is 2.46. The second kappa shape index (κ2) is 5.26. The summed E-state index contributed by atoms with van der Waals surface area (Å²) < 4.78 is 0. The minimum Gasteiger partial charge on any atom is -0.378 e. The third-order valence-corrected chi connectivity index (χ3v) is 4.34. The van der Waals surface area contributed by atoms with Crippen molar-refractivity contribution in [3.63, 3.8) is 0 Å². The molecule has 0 aliphatic heterocycles. The lowest BCUT2D eigenvalue weighted by Crippen LogP contribution is -2.24. The molecule has 106 valence electrons. The third kappa shape index (κ3) is 2.64. The van der Waals surface area contributed by atoms with E-state index >= 15 is 0 Å². The molecule has 21 heavy (non-hydrogen) atoms. The Morgan fingerprint density at radius 3 is 2.57 bits per heavy atom. The maximum absolute atomic E-state index is 8.73. The summed E-state index contributed by atoms with van der Waals surface area (Å²) in [6.07, 6.45) is 1.57.